The van der Waals surface area contributed by atoms with Gasteiger partial charge in [0.2, 0.25) is 0 Å². The van der Waals surface area contributed by atoms with E-state index in [1.165, 1.54) is 18.3 Å². The number of nitrogens with two attached hydrogens (primary N) is 1. The average Bonchev–Trinajstić information content (AvgIpc) is 2.87. The second-order valence-electron chi connectivity index (χ2n) is 3.64. The Balaban J connectivity index is 2.13. The van der Waals surface area contributed by atoms with E-state index in [4.69, 9.17) is 5.73 Å². The summed E-state index contributed by atoms with van der Waals surface area (Å²) < 4.78 is 1.62. The number of amides is 1. The first-order valence-corrected chi connectivity index (χ1v) is 5.86. The highest BCUT2D eigenvalue weighted by atomic mass is 32.1. The van der Waals surface area contributed by atoms with E-state index in [-0.39, 0.29) is 11.5 Å². The Hall–Kier alpha value is -1.95. The fraction of sp³-hybridized carbons (Fsp3) is 0.182. The fourth-order valence-corrected chi connectivity index (χ4v) is 2.22. The Labute approximate surface area is 102 Å². The van der Waals surface area contributed by atoms with Crippen molar-refractivity contribution in [2.24, 2.45) is 5.73 Å². The van der Waals surface area contributed by atoms with Crippen LogP contribution in [0.25, 0.3) is 0 Å². The molecule has 0 unspecified atom stereocenters. The maximum atomic E-state index is 11.1. The molecule has 5 nitrogen and oxygen atoms in total. The van der Waals surface area contributed by atoms with Gasteiger partial charge in [0.25, 0.3) is 5.91 Å². The lowest BCUT2D eigenvalue weighted by Gasteiger charge is -1.97. The number of ketones is 1. The third-order valence-electron chi connectivity index (χ3n) is 2.24. The van der Waals surface area contributed by atoms with Gasteiger partial charge in [0.1, 0.15) is 5.69 Å². The number of hydrogen-bond donors (Lipinski definition) is 1. The number of thiophene rings is 1. The van der Waals surface area contributed by atoms with E-state index in [1.54, 1.807) is 16.9 Å². The van der Waals surface area contributed by atoms with Crippen molar-refractivity contribution < 1.29 is 9.59 Å². The minimum Gasteiger partial charge on any atom is -0.364 e. The zero-order valence-electron chi connectivity index (χ0n) is 9.21. The summed E-state index contributed by atoms with van der Waals surface area (Å²) in [5.74, 6) is -0.488. The van der Waals surface area contributed by atoms with Crippen LogP contribution < -0.4 is 5.73 Å². The smallest absolute Gasteiger partial charge is 0.269 e. The van der Waals surface area contributed by atoms with Crippen LogP contribution in [0.1, 0.15) is 32.6 Å². The molecule has 0 saturated heterocycles. The summed E-state index contributed by atoms with van der Waals surface area (Å²) in [6.45, 7) is 2.06. The summed E-state index contributed by atoms with van der Waals surface area (Å²) in [5.41, 5.74) is 6.34. The Bertz CT molecular complexity index is 521. The van der Waals surface area contributed by atoms with Crippen molar-refractivity contribution in [2.45, 2.75) is 13.5 Å². The minimum absolute atomic E-state index is 0.0551. The Morgan fingerprint density at radius 1 is 1.53 bits per heavy atom. The maximum absolute atomic E-state index is 11.1. The first kappa shape index (κ1) is 11.5. The molecule has 6 heteroatoms. The molecule has 0 aliphatic rings. The Kier molecular flexibility index (Phi) is 3.06. The topological polar surface area (TPSA) is 78.0 Å². The second-order valence-corrected chi connectivity index (χ2v) is 4.55. The zero-order valence-corrected chi connectivity index (χ0v) is 10.0. The van der Waals surface area contributed by atoms with Gasteiger partial charge < -0.3 is 5.73 Å². The van der Waals surface area contributed by atoms with Crippen LogP contribution in [-0.4, -0.2) is 21.5 Å². The summed E-state index contributed by atoms with van der Waals surface area (Å²) in [5, 5.41) is 5.93. The quantitative estimate of drug-likeness (QED) is 0.829. The summed E-state index contributed by atoms with van der Waals surface area (Å²) in [6, 6.07) is 3.40. The summed E-state index contributed by atoms with van der Waals surface area (Å²) in [6.07, 6.45) is 1.69. The van der Waals surface area contributed by atoms with Crippen LogP contribution in [-0.2, 0) is 6.54 Å². The molecule has 0 aromatic carbocycles. The molecule has 2 aromatic heterocycles. The van der Waals surface area contributed by atoms with Crippen LogP contribution in [0.2, 0.25) is 0 Å². The molecule has 2 aromatic rings. The van der Waals surface area contributed by atoms with Crippen molar-refractivity contribution in [3.05, 3.63) is 39.8 Å². The van der Waals surface area contributed by atoms with Crippen LogP contribution in [0, 0.1) is 0 Å². The van der Waals surface area contributed by atoms with E-state index in [0.29, 0.717) is 6.54 Å². The van der Waals surface area contributed by atoms with Gasteiger partial charge in [-0.05, 0) is 30.0 Å². The number of Topliss-reactive ketones (excluding diaryl/α,β-unsaturated/α-hetero) is 1. The van der Waals surface area contributed by atoms with Crippen molar-refractivity contribution in [1.82, 2.24) is 9.78 Å². The van der Waals surface area contributed by atoms with Gasteiger partial charge in [-0.2, -0.15) is 5.10 Å². The number of primary amides is 1. The standard InChI is InChI=1S/C11H11N3O2S/c1-7(15)10-4-8(6-17-10)5-14-3-2-9(13-14)11(12)16/h2-4,6H,5H2,1H3,(H2,12,16). The molecular weight excluding hydrogens is 238 g/mol. The minimum atomic E-state index is -0.543. The number of carbonyl (C=O) groups is 2. The number of carbonyl (C=O) groups excluding carboxylic acids is 2. The molecule has 0 radical (unpaired) electrons. The van der Waals surface area contributed by atoms with Crippen molar-refractivity contribution in [3.63, 3.8) is 0 Å². The largest absolute Gasteiger partial charge is 0.364 e. The van der Waals surface area contributed by atoms with Gasteiger partial charge >= 0.3 is 0 Å². The predicted molar refractivity (Wildman–Crippen MR) is 64.2 cm³/mol. The summed E-state index contributed by atoms with van der Waals surface area (Å²) >= 11 is 1.41. The molecule has 17 heavy (non-hydrogen) atoms. The molecule has 88 valence electrons. The zero-order chi connectivity index (χ0) is 12.4. The predicted octanol–water partition coefficient (Wildman–Crippen LogP) is 1.29. The van der Waals surface area contributed by atoms with E-state index in [1.807, 2.05) is 11.4 Å². The van der Waals surface area contributed by atoms with Gasteiger partial charge in [0, 0.05) is 6.20 Å². The molecule has 0 saturated carbocycles. The van der Waals surface area contributed by atoms with Crippen LogP contribution in [0.5, 0.6) is 0 Å². The van der Waals surface area contributed by atoms with E-state index in [9.17, 15) is 9.59 Å². The van der Waals surface area contributed by atoms with Crippen molar-refractivity contribution in [1.29, 1.82) is 0 Å². The van der Waals surface area contributed by atoms with E-state index >= 15 is 0 Å². The molecular formula is C11H11N3O2S. The van der Waals surface area contributed by atoms with Crippen LogP contribution in [0.3, 0.4) is 0 Å². The van der Waals surface area contributed by atoms with Crippen molar-refractivity contribution >= 4 is 23.0 Å². The first-order chi connectivity index (χ1) is 8.06. The molecule has 2 heterocycles. The highest BCUT2D eigenvalue weighted by Crippen LogP contribution is 2.16. The first-order valence-electron chi connectivity index (χ1n) is 4.98. The molecule has 0 aliphatic carbocycles. The van der Waals surface area contributed by atoms with Crippen molar-refractivity contribution in [3.8, 4) is 0 Å². The highest BCUT2D eigenvalue weighted by molar-refractivity contribution is 7.12. The summed E-state index contributed by atoms with van der Waals surface area (Å²) in [7, 11) is 0. The highest BCUT2D eigenvalue weighted by Gasteiger charge is 2.07. The second kappa shape index (κ2) is 4.50. The fourth-order valence-electron chi connectivity index (χ4n) is 1.41. The molecule has 1 amide bonds. The lowest BCUT2D eigenvalue weighted by molar-refractivity contribution is 0.0992. The van der Waals surface area contributed by atoms with Crippen LogP contribution in [0.15, 0.2) is 23.7 Å². The molecule has 0 fully saturated rings. The average molecular weight is 249 g/mol. The molecule has 0 spiro atoms. The van der Waals surface area contributed by atoms with Gasteiger partial charge in [-0.1, -0.05) is 0 Å². The number of hydrogen-bond acceptors (Lipinski definition) is 4. The number of aromatic nitrogens is 2. The third kappa shape index (κ3) is 2.59. The summed E-state index contributed by atoms with van der Waals surface area (Å²) in [4.78, 5) is 22.7. The number of nitrogens with zero attached hydrogens (tertiary/aromatic N) is 2. The normalized spacial score (nSPS) is 10.4. The van der Waals surface area contributed by atoms with Gasteiger partial charge in [0.05, 0.1) is 11.4 Å². The SMILES string of the molecule is CC(=O)c1cc(Cn2ccc(C(N)=O)n2)cs1. The molecule has 2 N–H and O–H groups in total. The van der Waals surface area contributed by atoms with Gasteiger partial charge in [-0.25, -0.2) is 0 Å². The van der Waals surface area contributed by atoms with Crippen LogP contribution >= 0.6 is 11.3 Å². The molecule has 2 rings (SSSR count). The number of rotatable bonds is 4. The van der Waals surface area contributed by atoms with Gasteiger partial charge in [0.15, 0.2) is 5.78 Å². The Morgan fingerprint density at radius 3 is 2.82 bits per heavy atom. The van der Waals surface area contributed by atoms with Crippen molar-refractivity contribution in [2.75, 3.05) is 0 Å². The lowest BCUT2D eigenvalue weighted by Crippen LogP contribution is -2.12. The molecule has 0 atom stereocenters. The third-order valence-corrected chi connectivity index (χ3v) is 3.32. The Morgan fingerprint density at radius 2 is 2.29 bits per heavy atom. The van der Waals surface area contributed by atoms with E-state index < -0.39 is 5.91 Å². The van der Waals surface area contributed by atoms with Gasteiger partial charge in [-0.15, -0.1) is 11.3 Å². The lowest BCUT2D eigenvalue weighted by atomic mass is 10.3. The van der Waals surface area contributed by atoms with E-state index in [2.05, 4.69) is 5.10 Å². The molecule has 0 bridgehead atoms. The molecule has 0 aliphatic heterocycles. The maximum Gasteiger partial charge on any atom is 0.269 e. The van der Waals surface area contributed by atoms with Crippen LogP contribution in [0.4, 0.5) is 0 Å². The monoisotopic (exact) mass is 249 g/mol. The van der Waals surface area contributed by atoms with Gasteiger partial charge in [-0.3, -0.25) is 14.3 Å². The van der Waals surface area contributed by atoms with E-state index in [0.717, 1.165) is 10.4 Å².